The van der Waals surface area contributed by atoms with Gasteiger partial charge in [-0.3, -0.25) is 0 Å². The summed E-state index contributed by atoms with van der Waals surface area (Å²) in [6, 6.07) is 4.82. The lowest BCUT2D eigenvalue weighted by molar-refractivity contribution is 0.402. The fourth-order valence-electron chi connectivity index (χ4n) is 1.68. The van der Waals surface area contributed by atoms with Gasteiger partial charge in [0.25, 0.3) is 0 Å². The number of rotatable bonds is 6. The van der Waals surface area contributed by atoms with Crippen molar-refractivity contribution in [3.05, 3.63) is 22.7 Å². The largest absolute Gasteiger partial charge is 0.495 e. The van der Waals surface area contributed by atoms with Crippen LogP contribution >= 0.6 is 15.9 Å². The van der Waals surface area contributed by atoms with Gasteiger partial charge < -0.3 is 4.74 Å². The van der Waals surface area contributed by atoms with Gasteiger partial charge in [0.2, 0.25) is 10.0 Å². The molecule has 18 heavy (non-hydrogen) atoms. The Hall–Kier alpha value is -0.590. The molecule has 0 aliphatic heterocycles. The predicted octanol–water partition coefficient (Wildman–Crippen LogP) is 2.92. The van der Waals surface area contributed by atoms with Crippen molar-refractivity contribution >= 4 is 26.0 Å². The molecule has 0 radical (unpaired) electrons. The van der Waals surface area contributed by atoms with Crippen molar-refractivity contribution in [3.8, 4) is 5.75 Å². The average molecular weight is 336 g/mol. The summed E-state index contributed by atoms with van der Waals surface area (Å²) < 4.78 is 32.9. The van der Waals surface area contributed by atoms with Crippen LogP contribution in [0, 0.1) is 0 Å². The minimum atomic E-state index is -3.55. The highest BCUT2D eigenvalue weighted by atomic mass is 79.9. The standard InChI is InChI=1S/C12H18BrNO3S/c1-4-5-9(2)14-18(15,16)12-8-10(13)6-7-11(12)17-3/h6-9,14H,4-5H2,1-3H3. The Bertz CT molecular complexity index is 502. The van der Waals surface area contributed by atoms with Crippen LogP contribution in [0.2, 0.25) is 0 Å². The van der Waals surface area contributed by atoms with Gasteiger partial charge >= 0.3 is 0 Å². The molecule has 0 spiro atoms. The molecule has 1 rings (SSSR count). The number of hydrogen-bond donors (Lipinski definition) is 1. The summed E-state index contributed by atoms with van der Waals surface area (Å²) in [4.78, 5) is 0.155. The molecule has 0 aliphatic rings. The topological polar surface area (TPSA) is 55.4 Å². The van der Waals surface area contributed by atoms with Gasteiger partial charge in [-0.05, 0) is 31.5 Å². The van der Waals surface area contributed by atoms with E-state index in [1.54, 1.807) is 18.2 Å². The van der Waals surface area contributed by atoms with Crippen molar-refractivity contribution in [2.24, 2.45) is 0 Å². The Kier molecular flexibility index (Phi) is 5.62. The van der Waals surface area contributed by atoms with Gasteiger partial charge in [-0.1, -0.05) is 29.3 Å². The third kappa shape index (κ3) is 3.96. The van der Waals surface area contributed by atoms with Crippen molar-refractivity contribution in [3.63, 3.8) is 0 Å². The Morgan fingerprint density at radius 2 is 2.11 bits per heavy atom. The van der Waals surface area contributed by atoms with E-state index in [0.717, 1.165) is 12.8 Å². The van der Waals surface area contributed by atoms with Crippen molar-refractivity contribution in [2.75, 3.05) is 7.11 Å². The molecule has 0 saturated carbocycles. The average Bonchev–Trinajstić information content (AvgIpc) is 2.28. The maximum atomic E-state index is 12.2. The molecule has 0 aliphatic carbocycles. The van der Waals surface area contributed by atoms with Crippen LogP contribution < -0.4 is 9.46 Å². The molecular formula is C12H18BrNO3S. The van der Waals surface area contributed by atoms with Crippen LogP contribution in [0.4, 0.5) is 0 Å². The zero-order chi connectivity index (χ0) is 13.8. The van der Waals surface area contributed by atoms with Crippen LogP contribution in [0.5, 0.6) is 5.75 Å². The van der Waals surface area contributed by atoms with Crippen LogP contribution in [-0.4, -0.2) is 21.6 Å². The molecule has 6 heteroatoms. The van der Waals surface area contributed by atoms with Gasteiger partial charge in [0.15, 0.2) is 0 Å². The number of nitrogens with one attached hydrogen (secondary N) is 1. The monoisotopic (exact) mass is 335 g/mol. The zero-order valence-electron chi connectivity index (χ0n) is 10.7. The van der Waals surface area contributed by atoms with Crippen LogP contribution in [0.15, 0.2) is 27.6 Å². The van der Waals surface area contributed by atoms with Gasteiger partial charge in [0.1, 0.15) is 10.6 Å². The second kappa shape index (κ2) is 6.54. The molecule has 1 atom stereocenters. The van der Waals surface area contributed by atoms with Gasteiger partial charge in [0.05, 0.1) is 7.11 Å². The molecule has 0 fully saturated rings. The van der Waals surface area contributed by atoms with Crippen molar-refractivity contribution < 1.29 is 13.2 Å². The Balaban J connectivity index is 3.07. The number of benzene rings is 1. The van der Waals surface area contributed by atoms with E-state index >= 15 is 0 Å². The molecule has 1 unspecified atom stereocenters. The smallest absolute Gasteiger partial charge is 0.244 e. The highest BCUT2D eigenvalue weighted by molar-refractivity contribution is 9.10. The number of halogens is 1. The Labute approximate surface area is 117 Å². The van der Waals surface area contributed by atoms with Gasteiger partial charge in [0, 0.05) is 10.5 Å². The summed E-state index contributed by atoms with van der Waals surface area (Å²) in [5.41, 5.74) is 0. The summed E-state index contributed by atoms with van der Waals surface area (Å²) in [5.74, 6) is 0.342. The lowest BCUT2D eigenvalue weighted by Crippen LogP contribution is -2.32. The van der Waals surface area contributed by atoms with E-state index < -0.39 is 10.0 Å². The van der Waals surface area contributed by atoms with E-state index in [1.165, 1.54) is 7.11 Å². The highest BCUT2D eigenvalue weighted by Gasteiger charge is 2.21. The van der Waals surface area contributed by atoms with E-state index in [-0.39, 0.29) is 10.9 Å². The second-order valence-electron chi connectivity index (χ2n) is 4.11. The maximum absolute atomic E-state index is 12.2. The van der Waals surface area contributed by atoms with E-state index in [2.05, 4.69) is 20.7 Å². The molecule has 1 N–H and O–H groups in total. The summed E-state index contributed by atoms with van der Waals surface area (Å²) in [5, 5.41) is 0. The summed E-state index contributed by atoms with van der Waals surface area (Å²) in [7, 11) is -2.10. The van der Waals surface area contributed by atoms with E-state index in [0.29, 0.717) is 10.2 Å². The zero-order valence-corrected chi connectivity index (χ0v) is 13.1. The molecular weight excluding hydrogens is 318 g/mol. The second-order valence-corrected chi connectivity index (χ2v) is 6.70. The fraction of sp³-hybridized carbons (Fsp3) is 0.500. The van der Waals surface area contributed by atoms with Crippen LogP contribution in [-0.2, 0) is 10.0 Å². The number of methoxy groups -OCH3 is 1. The first kappa shape index (κ1) is 15.5. The SMILES string of the molecule is CCCC(C)NS(=O)(=O)c1cc(Br)ccc1OC. The summed E-state index contributed by atoms with van der Waals surface area (Å²) >= 11 is 3.27. The number of hydrogen-bond acceptors (Lipinski definition) is 3. The van der Waals surface area contributed by atoms with Gasteiger partial charge in [-0.25, -0.2) is 13.1 Å². The summed E-state index contributed by atoms with van der Waals surface area (Å²) in [6.07, 6.45) is 1.73. The minimum Gasteiger partial charge on any atom is -0.495 e. The normalized spacial score (nSPS) is 13.3. The molecule has 0 saturated heterocycles. The number of sulfonamides is 1. The molecule has 4 nitrogen and oxygen atoms in total. The molecule has 0 bridgehead atoms. The van der Waals surface area contributed by atoms with Gasteiger partial charge in [-0.2, -0.15) is 0 Å². The van der Waals surface area contributed by atoms with Crippen molar-refractivity contribution in [2.45, 2.75) is 37.6 Å². The molecule has 0 heterocycles. The fourth-order valence-corrected chi connectivity index (χ4v) is 3.67. The van der Waals surface area contributed by atoms with E-state index in [4.69, 9.17) is 4.74 Å². The first-order valence-electron chi connectivity index (χ1n) is 5.76. The lowest BCUT2D eigenvalue weighted by atomic mass is 10.2. The number of ether oxygens (including phenoxy) is 1. The minimum absolute atomic E-state index is 0.0938. The van der Waals surface area contributed by atoms with Crippen molar-refractivity contribution in [1.29, 1.82) is 0 Å². The molecule has 0 amide bonds. The highest BCUT2D eigenvalue weighted by Crippen LogP contribution is 2.27. The summed E-state index contributed by atoms with van der Waals surface area (Å²) in [6.45, 7) is 3.87. The maximum Gasteiger partial charge on any atom is 0.244 e. The predicted molar refractivity (Wildman–Crippen MR) is 75.4 cm³/mol. The first-order chi connectivity index (χ1) is 8.40. The first-order valence-corrected chi connectivity index (χ1v) is 8.04. The Morgan fingerprint density at radius 1 is 1.44 bits per heavy atom. The van der Waals surface area contributed by atoms with E-state index in [1.807, 2.05) is 13.8 Å². The van der Waals surface area contributed by atoms with Crippen LogP contribution in [0.3, 0.4) is 0 Å². The third-order valence-corrected chi connectivity index (χ3v) is 4.60. The van der Waals surface area contributed by atoms with Crippen molar-refractivity contribution in [1.82, 2.24) is 4.72 Å². The quantitative estimate of drug-likeness (QED) is 0.869. The van der Waals surface area contributed by atoms with E-state index in [9.17, 15) is 8.42 Å². The lowest BCUT2D eigenvalue weighted by Gasteiger charge is -2.15. The van der Waals surface area contributed by atoms with Crippen LogP contribution in [0.25, 0.3) is 0 Å². The van der Waals surface area contributed by atoms with Gasteiger partial charge in [-0.15, -0.1) is 0 Å². The Morgan fingerprint density at radius 3 is 2.67 bits per heavy atom. The van der Waals surface area contributed by atoms with Crippen LogP contribution in [0.1, 0.15) is 26.7 Å². The molecule has 1 aromatic carbocycles. The molecule has 102 valence electrons. The molecule has 1 aromatic rings. The third-order valence-electron chi connectivity index (χ3n) is 2.49. The molecule has 0 aromatic heterocycles.